The summed E-state index contributed by atoms with van der Waals surface area (Å²) in [6.07, 6.45) is 9.69. The van der Waals surface area contributed by atoms with Crippen LogP contribution in [0.2, 0.25) is 0 Å². The van der Waals surface area contributed by atoms with Crippen LogP contribution in [0.5, 0.6) is 0 Å². The van der Waals surface area contributed by atoms with Gasteiger partial charge < -0.3 is 9.84 Å². The fourth-order valence-corrected chi connectivity index (χ4v) is 7.88. The number of aliphatic hydroxyl groups excluding tert-OH is 1. The number of aromatic nitrogens is 1. The molecule has 3 nitrogen and oxygen atoms in total. The van der Waals surface area contributed by atoms with E-state index in [4.69, 9.17) is 9.72 Å². The zero-order chi connectivity index (χ0) is 24.5. The Morgan fingerprint density at radius 2 is 1.71 bits per heavy atom. The van der Waals surface area contributed by atoms with Crippen molar-refractivity contribution in [3.63, 3.8) is 0 Å². The summed E-state index contributed by atoms with van der Waals surface area (Å²) in [6.45, 7) is 11.5. The second kappa shape index (κ2) is 8.42. The molecule has 1 aliphatic heterocycles. The lowest BCUT2D eigenvalue weighted by Gasteiger charge is -2.39. The van der Waals surface area contributed by atoms with E-state index in [0.29, 0.717) is 17.8 Å². The minimum atomic E-state index is -0.456. The van der Waals surface area contributed by atoms with Crippen LogP contribution >= 0.6 is 0 Å². The van der Waals surface area contributed by atoms with Crippen LogP contribution in [-0.2, 0) is 16.8 Å². The van der Waals surface area contributed by atoms with Crippen LogP contribution in [0.25, 0.3) is 0 Å². The molecule has 0 saturated heterocycles. The summed E-state index contributed by atoms with van der Waals surface area (Å²) in [4.78, 5) is 5.47. The first kappa shape index (κ1) is 23.7. The Morgan fingerprint density at radius 1 is 1.00 bits per heavy atom. The lowest BCUT2D eigenvalue weighted by Crippen LogP contribution is -2.34. The van der Waals surface area contributed by atoms with Crippen LogP contribution in [0.4, 0.5) is 0 Å². The minimum absolute atomic E-state index is 0.0700. The predicted molar refractivity (Wildman–Crippen MR) is 141 cm³/mol. The second-order valence-electron chi connectivity index (χ2n) is 13.2. The van der Waals surface area contributed by atoms with Crippen LogP contribution in [-0.4, -0.2) is 10.1 Å². The molecule has 2 aromatic rings. The van der Waals surface area contributed by atoms with Crippen LogP contribution in [0.15, 0.2) is 24.3 Å². The normalized spacial score (nSPS) is 31.9. The molecule has 3 heteroatoms. The van der Waals surface area contributed by atoms with Crippen molar-refractivity contribution in [2.24, 2.45) is 11.3 Å². The molecule has 0 amide bonds. The summed E-state index contributed by atoms with van der Waals surface area (Å²) in [5.74, 6) is 1.48. The molecule has 3 aliphatic carbocycles. The number of aliphatic hydroxyl groups is 1. The Morgan fingerprint density at radius 3 is 2.34 bits per heavy atom. The smallest absolute Gasteiger partial charge is 0.111 e. The maximum atomic E-state index is 11.6. The lowest BCUT2D eigenvalue weighted by molar-refractivity contribution is -0.0842. The first-order valence-electron chi connectivity index (χ1n) is 14.2. The molecular formula is C32H43NO2. The molecule has 4 atom stereocenters. The van der Waals surface area contributed by atoms with Gasteiger partial charge in [-0.3, -0.25) is 4.98 Å². The van der Waals surface area contributed by atoms with Crippen molar-refractivity contribution in [3.05, 3.63) is 63.5 Å². The van der Waals surface area contributed by atoms with Gasteiger partial charge in [0.2, 0.25) is 0 Å². The van der Waals surface area contributed by atoms with E-state index in [9.17, 15) is 5.11 Å². The van der Waals surface area contributed by atoms with Gasteiger partial charge in [0.05, 0.1) is 17.4 Å². The zero-order valence-corrected chi connectivity index (χ0v) is 22.4. The van der Waals surface area contributed by atoms with Crippen molar-refractivity contribution >= 4 is 0 Å². The molecular weight excluding hydrogens is 430 g/mol. The van der Waals surface area contributed by atoms with Gasteiger partial charge in [-0.15, -0.1) is 0 Å². The molecule has 0 radical (unpaired) electrons. The van der Waals surface area contributed by atoms with Crippen LogP contribution < -0.4 is 0 Å². The highest BCUT2D eigenvalue weighted by molar-refractivity contribution is 5.55. The number of hydrogen-bond donors (Lipinski definition) is 1. The number of pyridine rings is 1. The molecule has 1 aromatic carbocycles. The fraction of sp³-hybridized carbons (Fsp3) is 0.656. The highest BCUT2D eigenvalue weighted by Gasteiger charge is 2.56. The van der Waals surface area contributed by atoms with Gasteiger partial charge >= 0.3 is 0 Å². The van der Waals surface area contributed by atoms with E-state index >= 15 is 0 Å². The van der Waals surface area contributed by atoms with Crippen LogP contribution in [0.3, 0.4) is 0 Å². The summed E-state index contributed by atoms with van der Waals surface area (Å²) in [5.41, 5.74) is 8.68. The van der Waals surface area contributed by atoms with Gasteiger partial charge in [0, 0.05) is 22.7 Å². The molecule has 1 spiro atoms. The summed E-state index contributed by atoms with van der Waals surface area (Å²) in [5, 5.41) is 11.6. The third kappa shape index (κ3) is 3.72. The van der Waals surface area contributed by atoms with Crippen molar-refractivity contribution < 1.29 is 9.84 Å². The van der Waals surface area contributed by atoms with E-state index in [0.717, 1.165) is 30.5 Å². The monoisotopic (exact) mass is 473 g/mol. The van der Waals surface area contributed by atoms with Gasteiger partial charge in [-0.1, -0.05) is 71.7 Å². The van der Waals surface area contributed by atoms with Crippen molar-refractivity contribution in [2.75, 3.05) is 0 Å². The first-order valence-corrected chi connectivity index (χ1v) is 14.2. The summed E-state index contributed by atoms with van der Waals surface area (Å²) < 4.78 is 7.29. The van der Waals surface area contributed by atoms with Crippen molar-refractivity contribution in [3.8, 4) is 0 Å². The number of benzene rings is 1. The summed E-state index contributed by atoms with van der Waals surface area (Å²) in [7, 11) is 0. The Bertz CT molecular complexity index is 1110. The fourth-order valence-electron chi connectivity index (χ4n) is 7.88. The van der Waals surface area contributed by atoms with E-state index in [2.05, 4.69) is 58.9 Å². The molecule has 2 heterocycles. The van der Waals surface area contributed by atoms with Gasteiger partial charge in [-0.2, -0.15) is 0 Å². The van der Waals surface area contributed by atoms with E-state index in [1.165, 1.54) is 66.5 Å². The van der Waals surface area contributed by atoms with Crippen LogP contribution in [0.1, 0.15) is 149 Å². The predicted octanol–water partition coefficient (Wildman–Crippen LogP) is 8.00. The largest absolute Gasteiger partial charge is 0.388 e. The molecule has 0 bridgehead atoms. The average Bonchev–Trinajstić information content (AvgIpc) is 3.53. The molecule has 4 aliphatic rings. The molecule has 35 heavy (non-hydrogen) atoms. The van der Waals surface area contributed by atoms with E-state index in [1.54, 1.807) is 0 Å². The van der Waals surface area contributed by atoms with Crippen LogP contribution in [0, 0.1) is 11.3 Å². The van der Waals surface area contributed by atoms with Gasteiger partial charge in [0.25, 0.3) is 0 Å². The number of ether oxygens (including phenoxy) is 1. The Labute approximate surface area is 211 Å². The number of hydrogen-bond acceptors (Lipinski definition) is 3. The van der Waals surface area contributed by atoms with Crippen molar-refractivity contribution in [2.45, 2.75) is 122 Å². The highest BCUT2D eigenvalue weighted by atomic mass is 16.5. The molecule has 2 saturated carbocycles. The molecule has 2 fully saturated rings. The Balaban J connectivity index is 1.61. The Hall–Kier alpha value is -1.71. The van der Waals surface area contributed by atoms with Crippen molar-refractivity contribution in [1.29, 1.82) is 0 Å². The molecule has 6 rings (SSSR count). The first-order chi connectivity index (χ1) is 16.7. The van der Waals surface area contributed by atoms with Gasteiger partial charge in [0.15, 0.2) is 0 Å². The maximum Gasteiger partial charge on any atom is 0.111 e. The zero-order valence-electron chi connectivity index (χ0n) is 22.4. The number of rotatable bonds is 3. The topological polar surface area (TPSA) is 42.4 Å². The van der Waals surface area contributed by atoms with E-state index < -0.39 is 6.10 Å². The van der Waals surface area contributed by atoms with Gasteiger partial charge in [-0.05, 0) is 78.9 Å². The summed E-state index contributed by atoms with van der Waals surface area (Å²) in [6, 6.07) is 9.15. The SMILES string of the molecule is CC(C)c1ccc(C2OC3(CCCC3C)c3c4c(nc(C5CCCC5)c32)CC(C)(C)CC4O)cc1. The summed E-state index contributed by atoms with van der Waals surface area (Å²) >= 11 is 0. The molecule has 1 aromatic heterocycles. The Kier molecular flexibility index (Phi) is 5.69. The minimum Gasteiger partial charge on any atom is -0.388 e. The highest BCUT2D eigenvalue weighted by Crippen LogP contribution is 2.61. The van der Waals surface area contributed by atoms with Gasteiger partial charge in [0.1, 0.15) is 6.10 Å². The number of nitrogens with zero attached hydrogens (tertiary/aromatic N) is 1. The molecule has 1 N–H and O–H groups in total. The molecule has 4 unspecified atom stereocenters. The number of fused-ring (bicyclic) bond motifs is 4. The maximum absolute atomic E-state index is 11.6. The quantitative estimate of drug-likeness (QED) is 0.491. The lowest BCUT2D eigenvalue weighted by atomic mass is 9.69. The average molecular weight is 474 g/mol. The molecule has 188 valence electrons. The van der Waals surface area contributed by atoms with Gasteiger partial charge in [-0.25, -0.2) is 0 Å². The third-order valence-electron chi connectivity index (χ3n) is 9.75. The van der Waals surface area contributed by atoms with Crippen molar-refractivity contribution in [1.82, 2.24) is 4.98 Å². The standard InChI is InChI=1S/C32H43NO2/c1-19(2)21-12-14-23(15-13-21)30-27-28(32(35-30)16-8-9-20(32)3)26-24(17-31(4,5)18-25(26)34)33-29(27)22-10-6-7-11-22/h12-15,19-20,22,25,30,34H,6-11,16-18H2,1-5H3. The third-order valence-corrected chi connectivity index (χ3v) is 9.75. The van der Waals surface area contributed by atoms with E-state index in [-0.39, 0.29) is 17.1 Å². The second-order valence-corrected chi connectivity index (χ2v) is 13.2. The van der Waals surface area contributed by atoms with E-state index in [1.807, 2.05) is 0 Å².